The summed E-state index contributed by atoms with van der Waals surface area (Å²) in [5, 5.41) is 0.588. The molecule has 2 rings (SSSR count). The van der Waals surface area contributed by atoms with Crippen LogP contribution >= 0.6 is 15.9 Å². The van der Waals surface area contributed by atoms with Gasteiger partial charge in [-0.2, -0.15) is 0 Å². The average molecular weight is 283 g/mol. The standard InChI is InChI=1S/C10H7BrN2O3/c1-16-10(15)8(14)7-4-13-9-6(7)2-5(11)3-12-9/h2-4H,1H3,(H,12,13). The van der Waals surface area contributed by atoms with Crippen LogP contribution in [0.15, 0.2) is 22.9 Å². The van der Waals surface area contributed by atoms with E-state index in [9.17, 15) is 9.59 Å². The molecule has 82 valence electrons. The molecule has 0 atom stereocenters. The second-order valence-electron chi connectivity index (χ2n) is 3.07. The number of aromatic nitrogens is 2. The highest BCUT2D eigenvalue weighted by atomic mass is 79.9. The first kappa shape index (κ1) is 10.8. The fourth-order valence-corrected chi connectivity index (χ4v) is 1.70. The van der Waals surface area contributed by atoms with E-state index in [2.05, 4.69) is 30.6 Å². The van der Waals surface area contributed by atoms with E-state index in [1.807, 2.05) is 0 Å². The van der Waals surface area contributed by atoms with Crippen LogP contribution in [0.2, 0.25) is 0 Å². The van der Waals surface area contributed by atoms with Crippen molar-refractivity contribution >= 4 is 38.7 Å². The number of aromatic amines is 1. The van der Waals surface area contributed by atoms with Gasteiger partial charge in [-0.1, -0.05) is 0 Å². The number of Topliss-reactive ketones (excluding diaryl/α,β-unsaturated/α-hetero) is 1. The summed E-state index contributed by atoms with van der Waals surface area (Å²) >= 11 is 3.25. The number of rotatable bonds is 2. The van der Waals surface area contributed by atoms with Crippen molar-refractivity contribution < 1.29 is 14.3 Å². The zero-order valence-electron chi connectivity index (χ0n) is 8.28. The number of hydrogen-bond acceptors (Lipinski definition) is 4. The maximum Gasteiger partial charge on any atom is 0.379 e. The van der Waals surface area contributed by atoms with Crippen molar-refractivity contribution in [3.05, 3.63) is 28.5 Å². The summed E-state index contributed by atoms with van der Waals surface area (Å²) in [4.78, 5) is 29.6. The SMILES string of the molecule is COC(=O)C(=O)c1c[nH]c2ncc(Br)cc12. The summed E-state index contributed by atoms with van der Waals surface area (Å²) in [5.41, 5.74) is 0.811. The molecular formula is C10H7BrN2O3. The van der Waals surface area contributed by atoms with Gasteiger partial charge in [0.05, 0.1) is 12.7 Å². The number of methoxy groups -OCH3 is 1. The Morgan fingerprint density at radius 2 is 2.25 bits per heavy atom. The van der Waals surface area contributed by atoms with Crippen LogP contribution in [-0.2, 0) is 9.53 Å². The number of ether oxygens (including phenoxy) is 1. The minimum atomic E-state index is -0.888. The summed E-state index contributed by atoms with van der Waals surface area (Å²) in [6, 6.07) is 1.72. The number of halogens is 1. The minimum absolute atomic E-state index is 0.260. The number of fused-ring (bicyclic) bond motifs is 1. The predicted octanol–water partition coefficient (Wildman–Crippen LogP) is 1.68. The maximum absolute atomic E-state index is 11.6. The van der Waals surface area contributed by atoms with Gasteiger partial charge in [0.2, 0.25) is 0 Å². The Bertz CT molecular complexity index is 576. The third-order valence-corrected chi connectivity index (χ3v) is 2.55. The number of nitrogens with zero attached hydrogens (tertiary/aromatic N) is 1. The van der Waals surface area contributed by atoms with Gasteiger partial charge in [-0.05, 0) is 22.0 Å². The molecule has 0 aliphatic carbocycles. The van der Waals surface area contributed by atoms with Crippen LogP contribution in [0.4, 0.5) is 0 Å². The molecule has 0 aromatic carbocycles. The summed E-state index contributed by atoms with van der Waals surface area (Å²) in [6.45, 7) is 0. The molecule has 0 fully saturated rings. The van der Waals surface area contributed by atoms with Crippen LogP contribution in [-0.4, -0.2) is 28.8 Å². The quantitative estimate of drug-likeness (QED) is 0.517. The van der Waals surface area contributed by atoms with Crippen LogP contribution in [0.1, 0.15) is 10.4 Å². The molecule has 16 heavy (non-hydrogen) atoms. The van der Waals surface area contributed by atoms with Crippen LogP contribution < -0.4 is 0 Å². The highest BCUT2D eigenvalue weighted by molar-refractivity contribution is 9.10. The molecule has 5 nitrogen and oxygen atoms in total. The van der Waals surface area contributed by atoms with Gasteiger partial charge in [0.1, 0.15) is 5.65 Å². The molecule has 0 radical (unpaired) electrons. The monoisotopic (exact) mass is 282 g/mol. The van der Waals surface area contributed by atoms with Crippen LogP contribution in [0.25, 0.3) is 11.0 Å². The lowest BCUT2D eigenvalue weighted by Gasteiger charge is -1.97. The molecule has 2 heterocycles. The Labute approximate surface area is 98.9 Å². The Kier molecular flexibility index (Phi) is 2.74. The van der Waals surface area contributed by atoms with E-state index >= 15 is 0 Å². The fourth-order valence-electron chi connectivity index (χ4n) is 1.37. The number of hydrogen-bond donors (Lipinski definition) is 1. The molecule has 2 aromatic rings. The van der Waals surface area contributed by atoms with Crippen LogP contribution in [0.3, 0.4) is 0 Å². The van der Waals surface area contributed by atoms with Gasteiger partial charge < -0.3 is 9.72 Å². The van der Waals surface area contributed by atoms with Gasteiger partial charge in [0, 0.05) is 22.3 Å². The predicted molar refractivity (Wildman–Crippen MR) is 60.1 cm³/mol. The van der Waals surface area contributed by atoms with Crippen molar-refractivity contribution in [2.24, 2.45) is 0 Å². The number of H-pyrrole nitrogens is 1. The highest BCUT2D eigenvalue weighted by Crippen LogP contribution is 2.21. The van der Waals surface area contributed by atoms with Crippen molar-refractivity contribution in [3.8, 4) is 0 Å². The van der Waals surface area contributed by atoms with Gasteiger partial charge >= 0.3 is 5.97 Å². The third kappa shape index (κ3) is 1.71. The molecule has 2 aromatic heterocycles. The topological polar surface area (TPSA) is 72.1 Å². The lowest BCUT2D eigenvalue weighted by atomic mass is 10.1. The molecule has 0 bridgehead atoms. The first-order chi connectivity index (χ1) is 7.63. The van der Waals surface area contributed by atoms with Crippen molar-refractivity contribution in [1.82, 2.24) is 9.97 Å². The van der Waals surface area contributed by atoms with E-state index in [1.165, 1.54) is 13.3 Å². The van der Waals surface area contributed by atoms with Gasteiger partial charge in [-0.25, -0.2) is 9.78 Å². The van der Waals surface area contributed by atoms with E-state index in [-0.39, 0.29) is 5.56 Å². The zero-order valence-corrected chi connectivity index (χ0v) is 9.87. The summed E-state index contributed by atoms with van der Waals surface area (Å²) < 4.78 is 5.12. The number of carbonyl (C=O) groups excluding carboxylic acids is 2. The lowest BCUT2D eigenvalue weighted by molar-refractivity contribution is -0.135. The minimum Gasteiger partial charge on any atom is -0.463 e. The first-order valence-electron chi connectivity index (χ1n) is 4.38. The average Bonchev–Trinajstić information content (AvgIpc) is 2.69. The summed E-state index contributed by atoms with van der Waals surface area (Å²) in [5.74, 6) is -1.57. The fraction of sp³-hybridized carbons (Fsp3) is 0.100. The molecule has 6 heteroatoms. The van der Waals surface area contributed by atoms with Crippen molar-refractivity contribution in [1.29, 1.82) is 0 Å². The second kappa shape index (κ2) is 4.05. The van der Waals surface area contributed by atoms with Crippen LogP contribution in [0.5, 0.6) is 0 Å². The molecule has 1 N–H and O–H groups in total. The van der Waals surface area contributed by atoms with E-state index in [0.29, 0.717) is 11.0 Å². The van der Waals surface area contributed by atoms with E-state index < -0.39 is 11.8 Å². The Hall–Kier alpha value is -1.69. The van der Waals surface area contributed by atoms with Gasteiger partial charge in [0.15, 0.2) is 0 Å². The van der Waals surface area contributed by atoms with Crippen molar-refractivity contribution in [2.45, 2.75) is 0 Å². The van der Waals surface area contributed by atoms with Crippen molar-refractivity contribution in [2.75, 3.05) is 7.11 Å². The number of carbonyl (C=O) groups is 2. The molecule has 0 aliphatic rings. The first-order valence-corrected chi connectivity index (χ1v) is 5.18. The Morgan fingerprint density at radius 3 is 2.94 bits per heavy atom. The third-order valence-electron chi connectivity index (χ3n) is 2.11. The largest absolute Gasteiger partial charge is 0.463 e. The number of esters is 1. The highest BCUT2D eigenvalue weighted by Gasteiger charge is 2.20. The zero-order chi connectivity index (χ0) is 11.7. The van der Waals surface area contributed by atoms with E-state index in [0.717, 1.165) is 4.47 Å². The lowest BCUT2D eigenvalue weighted by Crippen LogP contribution is -2.15. The molecule has 0 amide bonds. The molecule has 0 saturated heterocycles. The molecule has 0 aliphatic heterocycles. The van der Waals surface area contributed by atoms with E-state index in [4.69, 9.17) is 0 Å². The van der Waals surface area contributed by atoms with Crippen LogP contribution in [0, 0.1) is 0 Å². The molecule has 0 saturated carbocycles. The van der Waals surface area contributed by atoms with Gasteiger partial charge in [-0.3, -0.25) is 4.79 Å². The summed E-state index contributed by atoms with van der Waals surface area (Å²) in [6.07, 6.45) is 3.05. The molecular weight excluding hydrogens is 276 g/mol. The van der Waals surface area contributed by atoms with Gasteiger partial charge in [0.25, 0.3) is 5.78 Å². The number of nitrogens with one attached hydrogen (secondary N) is 1. The number of pyridine rings is 1. The Morgan fingerprint density at radius 1 is 1.50 bits per heavy atom. The maximum atomic E-state index is 11.6. The van der Waals surface area contributed by atoms with E-state index in [1.54, 1.807) is 12.3 Å². The Balaban J connectivity index is 2.57. The normalized spacial score (nSPS) is 10.4. The van der Waals surface area contributed by atoms with Gasteiger partial charge in [-0.15, -0.1) is 0 Å². The van der Waals surface area contributed by atoms with Crippen molar-refractivity contribution in [3.63, 3.8) is 0 Å². The molecule has 0 spiro atoms. The smallest absolute Gasteiger partial charge is 0.379 e. The summed E-state index contributed by atoms with van der Waals surface area (Å²) in [7, 11) is 1.17. The number of ketones is 1. The second-order valence-corrected chi connectivity index (χ2v) is 3.99. The molecule has 0 unspecified atom stereocenters.